The molecule has 0 aliphatic carbocycles. The minimum atomic E-state index is -2.88. The second kappa shape index (κ2) is 5.11. The maximum absolute atomic E-state index is 13.1. The van der Waals surface area contributed by atoms with Crippen LogP contribution in [0.2, 0.25) is 0 Å². The highest BCUT2D eigenvalue weighted by atomic mass is 19.3. The molecule has 2 heterocycles. The normalized spacial score (nSPS) is 17.5. The lowest BCUT2D eigenvalue weighted by Gasteiger charge is -2.29. The molecule has 1 fully saturated rings. The fraction of sp³-hybridized carbons (Fsp3) is 0.538. The first kappa shape index (κ1) is 13.7. The van der Waals surface area contributed by atoms with Gasteiger partial charge in [0.15, 0.2) is 0 Å². The molecular weight excluding hydrogens is 254 g/mol. The number of carbonyl (C=O) groups is 1. The summed E-state index contributed by atoms with van der Waals surface area (Å²) in [6.45, 7) is 1.77. The molecule has 0 aromatic carbocycles. The lowest BCUT2D eigenvalue weighted by atomic mass is 9.93. The highest BCUT2D eigenvalue weighted by Gasteiger charge is 2.27. The summed E-state index contributed by atoms with van der Waals surface area (Å²) in [6.07, 6.45) is 1.66. The number of hydrogen-bond donors (Lipinski definition) is 1. The third kappa shape index (κ3) is 3.19. The Morgan fingerprint density at radius 3 is 2.47 bits per heavy atom. The van der Waals surface area contributed by atoms with Gasteiger partial charge in [-0.2, -0.15) is 0 Å². The highest BCUT2D eigenvalue weighted by molar-refractivity contribution is 5.65. The van der Waals surface area contributed by atoms with Crippen molar-refractivity contribution in [2.45, 2.75) is 31.6 Å². The average Bonchev–Trinajstić information content (AvgIpc) is 2.38. The number of aromatic nitrogens is 1. The summed E-state index contributed by atoms with van der Waals surface area (Å²) in [5.74, 6) is -2.73. The van der Waals surface area contributed by atoms with Gasteiger partial charge in [0.25, 0.3) is 5.92 Å². The molecule has 0 bridgehead atoms. The molecular formula is C13H16F2N2O2. The van der Waals surface area contributed by atoms with Crippen LogP contribution in [0, 0.1) is 0 Å². The molecule has 4 nitrogen and oxygen atoms in total. The zero-order valence-electron chi connectivity index (χ0n) is 10.6. The first-order valence-electron chi connectivity index (χ1n) is 6.20. The number of carboxylic acid groups (broad SMARTS) is 1. The van der Waals surface area contributed by atoms with Gasteiger partial charge in [-0.3, -0.25) is 4.98 Å². The van der Waals surface area contributed by atoms with E-state index in [4.69, 9.17) is 5.11 Å². The van der Waals surface area contributed by atoms with E-state index in [2.05, 4.69) is 4.98 Å². The summed E-state index contributed by atoms with van der Waals surface area (Å²) < 4.78 is 26.1. The van der Waals surface area contributed by atoms with Gasteiger partial charge in [0, 0.05) is 43.4 Å². The Kier molecular flexibility index (Phi) is 3.68. The molecule has 1 amide bonds. The number of piperidine rings is 1. The molecule has 2 rings (SSSR count). The Balaban J connectivity index is 2.02. The molecule has 0 unspecified atom stereocenters. The number of hydrogen-bond acceptors (Lipinski definition) is 2. The van der Waals surface area contributed by atoms with Crippen molar-refractivity contribution < 1.29 is 18.7 Å². The zero-order valence-corrected chi connectivity index (χ0v) is 10.6. The summed E-state index contributed by atoms with van der Waals surface area (Å²) in [5.41, 5.74) is 0.664. The van der Waals surface area contributed by atoms with Crippen LogP contribution in [-0.2, 0) is 5.92 Å². The van der Waals surface area contributed by atoms with Crippen LogP contribution in [0.3, 0.4) is 0 Å². The Morgan fingerprint density at radius 1 is 1.42 bits per heavy atom. The Bertz CT molecular complexity index is 449. The molecule has 1 aliphatic heterocycles. The van der Waals surface area contributed by atoms with Crippen LogP contribution in [0.5, 0.6) is 0 Å². The number of pyridine rings is 1. The summed E-state index contributed by atoms with van der Waals surface area (Å²) in [6, 6.07) is 3.01. The molecule has 0 saturated carbocycles. The SMILES string of the molecule is CC(F)(F)c1ccc(C2CCN(C(=O)O)CC2)nc1. The van der Waals surface area contributed by atoms with Gasteiger partial charge in [-0.1, -0.05) is 0 Å². The molecule has 19 heavy (non-hydrogen) atoms. The van der Waals surface area contributed by atoms with Crippen molar-refractivity contribution in [2.24, 2.45) is 0 Å². The average molecular weight is 270 g/mol. The highest BCUT2D eigenvalue weighted by Crippen LogP contribution is 2.30. The first-order valence-corrected chi connectivity index (χ1v) is 6.20. The Labute approximate surface area is 110 Å². The monoisotopic (exact) mass is 270 g/mol. The molecule has 1 saturated heterocycles. The summed E-state index contributed by atoms with van der Waals surface area (Å²) in [7, 11) is 0. The van der Waals surface area contributed by atoms with Crippen LogP contribution in [0.4, 0.5) is 13.6 Å². The van der Waals surface area contributed by atoms with Gasteiger partial charge in [0.05, 0.1) is 0 Å². The molecule has 1 N–H and O–H groups in total. The molecule has 0 atom stereocenters. The second-order valence-corrected chi connectivity index (χ2v) is 4.90. The second-order valence-electron chi connectivity index (χ2n) is 4.90. The van der Waals surface area contributed by atoms with E-state index < -0.39 is 12.0 Å². The van der Waals surface area contributed by atoms with Gasteiger partial charge in [-0.25, -0.2) is 13.6 Å². The van der Waals surface area contributed by atoms with E-state index in [1.54, 1.807) is 6.07 Å². The lowest BCUT2D eigenvalue weighted by Crippen LogP contribution is -2.36. The zero-order chi connectivity index (χ0) is 14.0. The van der Waals surface area contributed by atoms with E-state index >= 15 is 0 Å². The maximum atomic E-state index is 13.1. The molecule has 0 spiro atoms. The largest absolute Gasteiger partial charge is 0.465 e. The van der Waals surface area contributed by atoms with Crippen LogP contribution in [0.25, 0.3) is 0 Å². The predicted octanol–water partition coefficient (Wildman–Crippen LogP) is 3.05. The number of rotatable bonds is 2. The Hall–Kier alpha value is -1.72. The number of amides is 1. The van der Waals surface area contributed by atoms with Gasteiger partial charge in [-0.05, 0) is 25.0 Å². The minimum Gasteiger partial charge on any atom is -0.465 e. The maximum Gasteiger partial charge on any atom is 0.407 e. The molecule has 1 aromatic rings. The summed E-state index contributed by atoms with van der Waals surface area (Å²) in [4.78, 5) is 16.2. The Morgan fingerprint density at radius 2 is 2.05 bits per heavy atom. The van der Waals surface area contributed by atoms with Crippen molar-refractivity contribution >= 4 is 6.09 Å². The fourth-order valence-electron chi connectivity index (χ4n) is 2.27. The molecule has 104 valence electrons. The van der Waals surface area contributed by atoms with Crippen molar-refractivity contribution in [3.8, 4) is 0 Å². The van der Waals surface area contributed by atoms with Crippen molar-refractivity contribution in [1.82, 2.24) is 9.88 Å². The number of halogens is 2. The van der Waals surface area contributed by atoms with E-state index in [9.17, 15) is 13.6 Å². The predicted molar refractivity (Wildman–Crippen MR) is 65.4 cm³/mol. The topological polar surface area (TPSA) is 53.4 Å². The fourth-order valence-corrected chi connectivity index (χ4v) is 2.27. The quantitative estimate of drug-likeness (QED) is 0.898. The van der Waals surface area contributed by atoms with E-state index in [0.717, 1.165) is 12.6 Å². The van der Waals surface area contributed by atoms with E-state index in [0.29, 0.717) is 25.9 Å². The number of likely N-dealkylation sites (tertiary alicyclic amines) is 1. The molecule has 0 radical (unpaired) electrons. The van der Waals surface area contributed by atoms with Crippen molar-refractivity contribution in [3.63, 3.8) is 0 Å². The van der Waals surface area contributed by atoms with E-state index in [1.807, 2.05) is 0 Å². The van der Waals surface area contributed by atoms with Crippen molar-refractivity contribution in [3.05, 3.63) is 29.6 Å². The van der Waals surface area contributed by atoms with E-state index in [-0.39, 0.29) is 11.5 Å². The van der Waals surface area contributed by atoms with Crippen LogP contribution >= 0.6 is 0 Å². The standard InChI is InChI=1S/C13H16F2N2O2/c1-13(14,15)10-2-3-11(16-8-10)9-4-6-17(7-5-9)12(18)19/h2-3,8-9H,4-7H2,1H3,(H,18,19). The minimum absolute atomic E-state index is 0.0979. The van der Waals surface area contributed by atoms with Crippen molar-refractivity contribution in [1.29, 1.82) is 0 Å². The van der Waals surface area contributed by atoms with Gasteiger partial charge < -0.3 is 10.0 Å². The smallest absolute Gasteiger partial charge is 0.407 e. The lowest BCUT2D eigenvalue weighted by molar-refractivity contribution is 0.0170. The van der Waals surface area contributed by atoms with Crippen molar-refractivity contribution in [2.75, 3.05) is 13.1 Å². The van der Waals surface area contributed by atoms with Crippen LogP contribution < -0.4 is 0 Å². The molecule has 1 aliphatic rings. The van der Waals surface area contributed by atoms with Gasteiger partial charge in [0.2, 0.25) is 0 Å². The van der Waals surface area contributed by atoms with Gasteiger partial charge in [-0.15, -0.1) is 0 Å². The van der Waals surface area contributed by atoms with Gasteiger partial charge >= 0.3 is 6.09 Å². The summed E-state index contributed by atoms with van der Waals surface area (Å²) >= 11 is 0. The molecule has 1 aromatic heterocycles. The van der Waals surface area contributed by atoms with E-state index in [1.165, 1.54) is 17.2 Å². The molecule has 6 heteroatoms. The van der Waals surface area contributed by atoms with Crippen LogP contribution in [0.1, 0.15) is 36.9 Å². The van der Waals surface area contributed by atoms with Crippen LogP contribution in [-0.4, -0.2) is 34.2 Å². The summed E-state index contributed by atoms with van der Waals surface area (Å²) in [5, 5.41) is 8.85. The third-order valence-electron chi connectivity index (χ3n) is 3.48. The van der Waals surface area contributed by atoms with Crippen LogP contribution in [0.15, 0.2) is 18.3 Å². The number of nitrogens with zero attached hydrogens (tertiary/aromatic N) is 2. The first-order chi connectivity index (χ1) is 8.88. The third-order valence-corrected chi connectivity index (χ3v) is 3.48. The number of alkyl halides is 2. The van der Waals surface area contributed by atoms with Gasteiger partial charge in [0.1, 0.15) is 0 Å².